The topological polar surface area (TPSA) is 9.23 Å². The Kier molecular flexibility index (Phi) is 7.68. The number of hydrogen-bond donors (Lipinski definition) is 0. The van der Waals surface area contributed by atoms with Gasteiger partial charge in [-0.1, -0.05) is 51.7 Å². The van der Waals surface area contributed by atoms with Crippen molar-refractivity contribution in [2.45, 2.75) is 52.2 Å². The lowest BCUT2D eigenvalue weighted by molar-refractivity contribution is 0.305. The maximum absolute atomic E-state index is 5.84. The van der Waals surface area contributed by atoms with E-state index in [1.54, 1.807) is 0 Å². The van der Waals surface area contributed by atoms with Crippen molar-refractivity contribution in [3.05, 3.63) is 27.3 Å². The second-order valence-corrected chi connectivity index (χ2v) is 12.1. The van der Waals surface area contributed by atoms with Gasteiger partial charge in [0.25, 0.3) is 0 Å². The number of ether oxygens (including phenoxy) is 1. The van der Waals surface area contributed by atoms with E-state index in [9.17, 15) is 0 Å². The third-order valence-corrected chi connectivity index (χ3v) is 4.22. The Labute approximate surface area is 138 Å². The second-order valence-electron chi connectivity index (χ2n) is 6.08. The van der Waals surface area contributed by atoms with E-state index in [0.717, 1.165) is 24.3 Å². The zero-order chi connectivity index (χ0) is 15.0. The Bertz CT molecular complexity index is 480. The van der Waals surface area contributed by atoms with Crippen LogP contribution in [0.2, 0.25) is 19.6 Å². The molecule has 110 valence electrons. The van der Waals surface area contributed by atoms with Crippen LogP contribution in [0.4, 0.5) is 0 Å². The molecule has 20 heavy (non-hydrogen) atoms. The van der Waals surface area contributed by atoms with E-state index >= 15 is 0 Å². The molecule has 0 saturated carbocycles. The van der Waals surface area contributed by atoms with Crippen LogP contribution < -0.4 is 4.74 Å². The van der Waals surface area contributed by atoms with E-state index in [4.69, 9.17) is 4.74 Å². The summed E-state index contributed by atoms with van der Waals surface area (Å²) in [4.78, 5) is 0. The molecule has 1 aromatic carbocycles. The van der Waals surface area contributed by atoms with Crippen molar-refractivity contribution in [3.63, 3.8) is 0 Å². The number of benzene rings is 1. The van der Waals surface area contributed by atoms with Crippen molar-refractivity contribution in [2.75, 3.05) is 6.61 Å². The van der Waals surface area contributed by atoms with Gasteiger partial charge in [0, 0.05) is 9.13 Å². The molecule has 0 aliphatic rings. The average molecular weight is 400 g/mol. The molecule has 3 heteroatoms. The Hall–Kier alpha value is -0.473. The van der Waals surface area contributed by atoms with Gasteiger partial charge < -0.3 is 4.74 Å². The molecule has 0 fully saturated rings. The summed E-state index contributed by atoms with van der Waals surface area (Å²) >= 11 is 2.33. The monoisotopic (exact) mass is 400 g/mol. The van der Waals surface area contributed by atoms with E-state index < -0.39 is 8.07 Å². The average Bonchev–Trinajstić information content (AvgIpc) is 2.35. The van der Waals surface area contributed by atoms with Gasteiger partial charge in [-0.3, -0.25) is 0 Å². The van der Waals surface area contributed by atoms with Crippen LogP contribution in [-0.4, -0.2) is 14.7 Å². The highest BCUT2D eigenvalue weighted by Gasteiger charge is 2.07. The minimum atomic E-state index is -1.32. The highest BCUT2D eigenvalue weighted by Crippen LogP contribution is 2.19. The van der Waals surface area contributed by atoms with Gasteiger partial charge >= 0.3 is 0 Å². The molecular formula is C17H25IOSi. The Morgan fingerprint density at radius 1 is 1.10 bits per heavy atom. The van der Waals surface area contributed by atoms with Crippen LogP contribution in [0.3, 0.4) is 0 Å². The first-order valence-electron chi connectivity index (χ1n) is 7.37. The molecule has 0 heterocycles. The number of rotatable bonds is 6. The summed E-state index contributed by atoms with van der Waals surface area (Å²) < 4.78 is 7.03. The first-order chi connectivity index (χ1) is 9.40. The van der Waals surface area contributed by atoms with Crippen LogP contribution in [0.15, 0.2) is 18.2 Å². The SMILES string of the molecule is CCCCCCOc1cc(I)cc(C#C[Si](C)(C)C)c1. The number of halogens is 1. The predicted molar refractivity (Wildman–Crippen MR) is 99.0 cm³/mol. The normalized spacial score (nSPS) is 10.8. The molecule has 0 amide bonds. The van der Waals surface area contributed by atoms with Crippen LogP contribution in [0.5, 0.6) is 5.75 Å². The Balaban J connectivity index is 2.64. The quantitative estimate of drug-likeness (QED) is 0.266. The smallest absolute Gasteiger partial charge is 0.129 e. The number of unbranched alkanes of at least 4 members (excludes halogenated alkanes) is 3. The molecule has 0 aromatic heterocycles. The fourth-order valence-electron chi connectivity index (χ4n) is 1.70. The van der Waals surface area contributed by atoms with Crippen LogP contribution in [0.25, 0.3) is 0 Å². The van der Waals surface area contributed by atoms with Gasteiger partial charge in [0.05, 0.1) is 6.61 Å². The molecule has 0 atom stereocenters. The molecule has 1 rings (SSSR count). The van der Waals surface area contributed by atoms with Crippen LogP contribution in [-0.2, 0) is 0 Å². The summed E-state index contributed by atoms with van der Waals surface area (Å²) in [7, 11) is -1.32. The molecule has 0 N–H and O–H groups in total. The van der Waals surface area contributed by atoms with Gasteiger partial charge in [0.1, 0.15) is 13.8 Å². The van der Waals surface area contributed by atoms with E-state index in [2.05, 4.69) is 78.8 Å². The highest BCUT2D eigenvalue weighted by molar-refractivity contribution is 14.1. The van der Waals surface area contributed by atoms with Crippen LogP contribution in [0, 0.1) is 15.0 Å². The highest BCUT2D eigenvalue weighted by atomic mass is 127. The van der Waals surface area contributed by atoms with Crippen molar-refractivity contribution in [3.8, 4) is 17.2 Å². The Morgan fingerprint density at radius 2 is 1.85 bits per heavy atom. The minimum Gasteiger partial charge on any atom is -0.494 e. The molecule has 0 saturated heterocycles. The molecule has 1 nitrogen and oxygen atoms in total. The summed E-state index contributed by atoms with van der Waals surface area (Å²) in [6.07, 6.45) is 4.94. The summed E-state index contributed by atoms with van der Waals surface area (Å²) in [5, 5.41) is 0. The fourth-order valence-corrected chi connectivity index (χ4v) is 2.86. The summed E-state index contributed by atoms with van der Waals surface area (Å²) in [6.45, 7) is 9.82. The van der Waals surface area contributed by atoms with E-state index in [-0.39, 0.29) is 0 Å². The third-order valence-electron chi connectivity index (χ3n) is 2.72. The maximum Gasteiger partial charge on any atom is 0.129 e. The maximum atomic E-state index is 5.84. The predicted octanol–water partition coefficient (Wildman–Crippen LogP) is 5.48. The van der Waals surface area contributed by atoms with Gasteiger partial charge in [-0.05, 0) is 47.2 Å². The van der Waals surface area contributed by atoms with Crippen molar-refractivity contribution in [1.82, 2.24) is 0 Å². The lowest BCUT2D eigenvalue weighted by atomic mass is 10.2. The largest absolute Gasteiger partial charge is 0.494 e. The molecule has 1 aromatic rings. The molecule has 0 aliphatic carbocycles. The first-order valence-corrected chi connectivity index (χ1v) is 11.9. The fraction of sp³-hybridized carbons (Fsp3) is 0.529. The lowest BCUT2D eigenvalue weighted by Crippen LogP contribution is -2.16. The molecule has 0 unspecified atom stereocenters. The molecule has 0 radical (unpaired) electrons. The van der Waals surface area contributed by atoms with Crippen LogP contribution in [0.1, 0.15) is 38.2 Å². The second kappa shape index (κ2) is 8.73. The van der Waals surface area contributed by atoms with E-state index in [1.807, 2.05) is 0 Å². The summed E-state index contributed by atoms with van der Waals surface area (Å²) in [6, 6.07) is 6.27. The zero-order valence-corrected chi connectivity index (χ0v) is 16.2. The van der Waals surface area contributed by atoms with E-state index in [1.165, 1.54) is 22.8 Å². The molecule has 0 bridgehead atoms. The summed E-state index contributed by atoms with van der Waals surface area (Å²) in [5.41, 5.74) is 4.48. The van der Waals surface area contributed by atoms with Gasteiger partial charge in [0.15, 0.2) is 0 Å². The lowest BCUT2D eigenvalue weighted by Gasteiger charge is -2.08. The summed E-state index contributed by atoms with van der Waals surface area (Å²) in [5.74, 6) is 4.26. The van der Waals surface area contributed by atoms with Gasteiger partial charge in [-0.2, -0.15) is 0 Å². The standard InChI is InChI=1S/C17H25IOSi/c1-5-6-7-8-10-19-17-13-15(12-16(18)14-17)9-11-20(2,3)4/h12-14H,5-8,10H2,1-4H3. The Morgan fingerprint density at radius 3 is 2.50 bits per heavy atom. The van der Waals surface area contributed by atoms with Crippen molar-refractivity contribution in [1.29, 1.82) is 0 Å². The van der Waals surface area contributed by atoms with Crippen LogP contribution >= 0.6 is 22.6 Å². The van der Waals surface area contributed by atoms with Crippen molar-refractivity contribution in [2.24, 2.45) is 0 Å². The molecule has 0 spiro atoms. The third kappa shape index (κ3) is 7.96. The minimum absolute atomic E-state index is 0.807. The molecular weight excluding hydrogens is 375 g/mol. The van der Waals surface area contributed by atoms with Crippen molar-refractivity contribution >= 4 is 30.7 Å². The van der Waals surface area contributed by atoms with Gasteiger partial charge in [0.2, 0.25) is 0 Å². The van der Waals surface area contributed by atoms with Gasteiger partial charge in [-0.25, -0.2) is 0 Å². The van der Waals surface area contributed by atoms with E-state index in [0.29, 0.717) is 0 Å². The number of hydrogen-bond acceptors (Lipinski definition) is 1. The first kappa shape index (κ1) is 17.6. The zero-order valence-electron chi connectivity index (χ0n) is 13.1. The van der Waals surface area contributed by atoms with Gasteiger partial charge in [-0.15, -0.1) is 5.54 Å². The van der Waals surface area contributed by atoms with Crippen molar-refractivity contribution < 1.29 is 4.74 Å². The molecule has 0 aliphatic heterocycles.